The maximum Gasteiger partial charge on any atom is 0.306 e. The Kier molecular flexibility index (Phi) is 5.73. The number of ether oxygens (including phenoxy) is 1. The molecule has 0 aliphatic heterocycles. The Morgan fingerprint density at radius 1 is 1.21 bits per heavy atom. The number of carbonyl (C=O) groups is 2. The van der Waals surface area contributed by atoms with Crippen LogP contribution in [0.3, 0.4) is 0 Å². The molecule has 0 saturated carbocycles. The normalized spacial score (nSPS) is 10.5. The van der Waals surface area contributed by atoms with Crippen molar-refractivity contribution in [2.75, 3.05) is 11.9 Å². The largest absolute Gasteiger partial charge is 0.456 e. The minimum Gasteiger partial charge on any atom is -0.456 e. The molecule has 0 saturated heterocycles. The molecule has 0 fully saturated rings. The van der Waals surface area contributed by atoms with Crippen LogP contribution in [-0.2, 0) is 20.7 Å². The molecule has 0 unspecified atom stereocenters. The van der Waals surface area contributed by atoms with E-state index in [4.69, 9.17) is 9.26 Å². The van der Waals surface area contributed by atoms with Gasteiger partial charge in [0.1, 0.15) is 5.76 Å². The first-order chi connectivity index (χ1) is 11.4. The molecule has 0 atom stereocenters. The summed E-state index contributed by atoms with van der Waals surface area (Å²) in [5.74, 6) is -0.0775. The molecule has 0 aliphatic carbocycles. The quantitative estimate of drug-likeness (QED) is 0.823. The van der Waals surface area contributed by atoms with Crippen LogP contribution in [-0.4, -0.2) is 23.6 Å². The van der Waals surface area contributed by atoms with Gasteiger partial charge in [-0.25, -0.2) is 0 Å². The van der Waals surface area contributed by atoms with Crippen molar-refractivity contribution in [1.29, 1.82) is 0 Å². The Morgan fingerprint density at radius 3 is 2.58 bits per heavy atom. The van der Waals surface area contributed by atoms with Crippen LogP contribution in [0.2, 0.25) is 0 Å². The fourth-order valence-electron chi connectivity index (χ4n) is 2.44. The second kappa shape index (κ2) is 7.77. The first-order valence-electron chi connectivity index (χ1n) is 7.81. The molecule has 0 radical (unpaired) electrons. The standard InChI is InChI=1S/C18H22N2O4/c1-11-5-7-16(12(2)9-11)19-17(21)10-23-18(22)8-6-15-13(3)20-24-14(15)4/h5,7,9H,6,8,10H2,1-4H3,(H,19,21). The zero-order valence-electron chi connectivity index (χ0n) is 14.4. The lowest BCUT2D eigenvalue weighted by molar-refractivity contribution is -0.147. The van der Waals surface area contributed by atoms with E-state index in [0.29, 0.717) is 12.2 Å². The molecule has 0 spiro atoms. The van der Waals surface area contributed by atoms with Crippen molar-refractivity contribution in [3.63, 3.8) is 0 Å². The number of esters is 1. The summed E-state index contributed by atoms with van der Waals surface area (Å²) in [7, 11) is 0. The van der Waals surface area contributed by atoms with Gasteiger partial charge in [0.15, 0.2) is 6.61 Å². The van der Waals surface area contributed by atoms with Gasteiger partial charge >= 0.3 is 5.97 Å². The number of nitrogens with zero attached hydrogens (tertiary/aromatic N) is 1. The molecule has 6 heteroatoms. The summed E-state index contributed by atoms with van der Waals surface area (Å²) < 4.78 is 10.1. The van der Waals surface area contributed by atoms with Gasteiger partial charge in [0, 0.05) is 17.7 Å². The monoisotopic (exact) mass is 330 g/mol. The van der Waals surface area contributed by atoms with Crippen LogP contribution in [0.25, 0.3) is 0 Å². The number of benzene rings is 1. The van der Waals surface area contributed by atoms with Crippen molar-refractivity contribution in [2.24, 2.45) is 0 Å². The van der Waals surface area contributed by atoms with Crippen LogP contribution in [0.4, 0.5) is 5.69 Å². The number of hydrogen-bond donors (Lipinski definition) is 1. The Bertz CT molecular complexity index is 730. The van der Waals surface area contributed by atoms with Crippen molar-refractivity contribution in [1.82, 2.24) is 5.16 Å². The van der Waals surface area contributed by atoms with E-state index in [-0.39, 0.29) is 18.9 Å². The molecule has 2 rings (SSSR count). The Morgan fingerprint density at radius 2 is 1.96 bits per heavy atom. The summed E-state index contributed by atoms with van der Waals surface area (Å²) in [5.41, 5.74) is 4.49. The first kappa shape index (κ1) is 17.7. The van der Waals surface area contributed by atoms with E-state index in [9.17, 15) is 9.59 Å². The van der Waals surface area contributed by atoms with Gasteiger partial charge in [-0.2, -0.15) is 0 Å². The van der Waals surface area contributed by atoms with E-state index in [1.165, 1.54) is 0 Å². The number of rotatable bonds is 6. The van der Waals surface area contributed by atoms with Crippen molar-refractivity contribution in [2.45, 2.75) is 40.5 Å². The van der Waals surface area contributed by atoms with E-state index in [0.717, 1.165) is 28.1 Å². The molecule has 1 aromatic carbocycles. The number of aryl methyl sites for hydroxylation is 4. The molecule has 128 valence electrons. The van der Waals surface area contributed by atoms with Crippen LogP contribution < -0.4 is 5.32 Å². The lowest BCUT2D eigenvalue weighted by Gasteiger charge is -2.09. The molecule has 24 heavy (non-hydrogen) atoms. The number of amides is 1. The van der Waals surface area contributed by atoms with Crippen LogP contribution in [0.5, 0.6) is 0 Å². The summed E-state index contributed by atoms with van der Waals surface area (Å²) in [4.78, 5) is 23.7. The molecule has 1 N–H and O–H groups in total. The maximum absolute atomic E-state index is 11.9. The summed E-state index contributed by atoms with van der Waals surface area (Å²) >= 11 is 0. The maximum atomic E-state index is 11.9. The lowest BCUT2D eigenvalue weighted by atomic mass is 10.1. The molecule has 1 heterocycles. The first-order valence-corrected chi connectivity index (χ1v) is 7.81. The van der Waals surface area contributed by atoms with E-state index >= 15 is 0 Å². The van der Waals surface area contributed by atoms with Gasteiger partial charge in [-0.15, -0.1) is 0 Å². The fourth-order valence-corrected chi connectivity index (χ4v) is 2.44. The number of aromatic nitrogens is 1. The summed E-state index contributed by atoms with van der Waals surface area (Å²) in [6, 6.07) is 5.73. The molecule has 6 nitrogen and oxygen atoms in total. The third-order valence-electron chi connectivity index (χ3n) is 3.78. The molecule has 0 aliphatic rings. The topological polar surface area (TPSA) is 81.4 Å². The second-order valence-corrected chi connectivity index (χ2v) is 5.83. The number of nitrogens with one attached hydrogen (secondary N) is 1. The van der Waals surface area contributed by atoms with Crippen LogP contribution in [0.15, 0.2) is 22.7 Å². The third-order valence-corrected chi connectivity index (χ3v) is 3.78. The van der Waals surface area contributed by atoms with Gasteiger partial charge in [-0.1, -0.05) is 22.9 Å². The van der Waals surface area contributed by atoms with Crippen molar-refractivity contribution in [3.8, 4) is 0 Å². The minimum atomic E-state index is -0.425. The molecule has 1 aromatic heterocycles. The van der Waals surface area contributed by atoms with Crippen LogP contribution in [0.1, 0.15) is 34.6 Å². The highest BCUT2D eigenvalue weighted by Crippen LogP contribution is 2.16. The zero-order chi connectivity index (χ0) is 17.7. The molecule has 0 bridgehead atoms. The predicted octanol–water partition coefficient (Wildman–Crippen LogP) is 3.02. The van der Waals surface area contributed by atoms with Crippen molar-refractivity contribution < 1.29 is 18.8 Å². The van der Waals surface area contributed by atoms with Crippen molar-refractivity contribution >= 4 is 17.6 Å². The average Bonchev–Trinajstić information content (AvgIpc) is 2.84. The lowest BCUT2D eigenvalue weighted by Crippen LogP contribution is -2.21. The third kappa shape index (κ3) is 4.68. The van der Waals surface area contributed by atoms with Crippen molar-refractivity contribution in [3.05, 3.63) is 46.3 Å². The SMILES string of the molecule is Cc1ccc(NC(=O)COC(=O)CCc2c(C)noc2C)c(C)c1. The number of anilines is 1. The summed E-state index contributed by atoms with van der Waals surface area (Å²) in [6.07, 6.45) is 0.665. The van der Waals surface area contributed by atoms with E-state index in [1.54, 1.807) is 6.92 Å². The second-order valence-electron chi connectivity index (χ2n) is 5.83. The molecule has 1 amide bonds. The van der Waals surface area contributed by atoms with Gasteiger partial charge < -0.3 is 14.6 Å². The number of carbonyl (C=O) groups excluding carboxylic acids is 2. The Labute approximate surface area is 141 Å². The van der Waals surface area contributed by atoms with Crippen LogP contribution in [0, 0.1) is 27.7 Å². The van der Waals surface area contributed by atoms with E-state index < -0.39 is 5.97 Å². The summed E-state index contributed by atoms with van der Waals surface area (Å²) in [6.45, 7) is 7.23. The smallest absolute Gasteiger partial charge is 0.306 e. The minimum absolute atomic E-state index is 0.180. The highest BCUT2D eigenvalue weighted by Gasteiger charge is 2.13. The number of hydrogen-bond acceptors (Lipinski definition) is 5. The van der Waals surface area contributed by atoms with Gasteiger partial charge in [-0.3, -0.25) is 9.59 Å². The molecular weight excluding hydrogens is 308 g/mol. The molecule has 2 aromatic rings. The highest BCUT2D eigenvalue weighted by molar-refractivity contribution is 5.93. The van der Waals surface area contributed by atoms with E-state index in [2.05, 4.69) is 10.5 Å². The highest BCUT2D eigenvalue weighted by atomic mass is 16.5. The van der Waals surface area contributed by atoms with E-state index in [1.807, 2.05) is 39.0 Å². The zero-order valence-corrected chi connectivity index (χ0v) is 14.4. The van der Waals surface area contributed by atoms with Gasteiger partial charge in [0.25, 0.3) is 5.91 Å². The van der Waals surface area contributed by atoms with Crippen LogP contribution >= 0.6 is 0 Å². The Balaban J connectivity index is 1.78. The average molecular weight is 330 g/mol. The van der Waals surface area contributed by atoms with Gasteiger partial charge in [-0.05, 0) is 45.7 Å². The Hall–Kier alpha value is -2.63. The fraction of sp³-hybridized carbons (Fsp3) is 0.389. The summed E-state index contributed by atoms with van der Waals surface area (Å²) in [5, 5.41) is 6.58. The predicted molar refractivity (Wildman–Crippen MR) is 89.8 cm³/mol. The van der Waals surface area contributed by atoms with Gasteiger partial charge in [0.05, 0.1) is 5.69 Å². The molecular formula is C18H22N2O4. The van der Waals surface area contributed by atoms with Gasteiger partial charge in [0.2, 0.25) is 0 Å².